The van der Waals surface area contributed by atoms with Crippen molar-refractivity contribution >= 4 is 17.2 Å². The van der Waals surface area contributed by atoms with Crippen molar-refractivity contribution in [1.29, 1.82) is 0 Å². The Morgan fingerprint density at radius 3 is 2.37 bits per heavy atom. The molecule has 2 aromatic rings. The molecule has 1 aliphatic carbocycles. The van der Waals surface area contributed by atoms with Crippen LogP contribution in [0.5, 0.6) is 5.75 Å². The van der Waals surface area contributed by atoms with Crippen molar-refractivity contribution in [3.05, 3.63) is 95.1 Å². The number of hydrogen-bond acceptors (Lipinski definition) is 2. The monoisotopic (exact) mass is 380 g/mol. The summed E-state index contributed by atoms with van der Waals surface area (Å²) in [6.07, 6.45) is 9.49. The van der Waals surface area contributed by atoms with Crippen LogP contribution in [0, 0.1) is 0 Å². The van der Waals surface area contributed by atoms with Gasteiger partial charge in [0.25, 0.3) is 0 Å². The molecule has 0 saturated carbocycles. The van der Waals surface area contributed by atoms with Crippen LogP contribution in [0.3, 0.4) is 0 Å². The summed E-state index contributed by atoms with van der Waals surface area (Å²) < 4.78 is 5.51. The van der Waals surface area contributed by atoms with E-state index >= 15 is 0 Å². The summed E-state index contributed by atoms with van der Waals surface area (Å²) in [5, 5.41) is 8.94. The highest BCUT2D eigenvalue weighted by Crippen LogP contribution is 2.35. The molecule has 3 heteroatoms. The van der Waals surface area contributed by atoms with E-state index in [0.29, 0.717) is 12.5 Å². The van der Waals surface area contributed by atoms with Gasteiger partial charge in [0.2, 0.25) is 0 Å². The van der Waals surface area contributed by atoms with Crippen LogP contribution in [0.2, 0.25) is 0 Å². The predicted octanol–water partition coefficient (Wildman–Crippen LogP) is 5.76. The number of rotatable bonds is 8. The van der Waals surface area contributed by atoms with Gasteiger partial charge in [-0.2, -0.15) is 0 Å². The number of ether oxygens (including phenoxy) is 1. The Kier molecular flexibility index (Phi) is 7.32. The minimum atomic E-state index is 0.0124. The van der Waals surface area contributed by atoms with E-state index in [1.807, 2.05) is 18.2 Å². The highest BCUT2D eigenvalue weighted by atomic mass is 35.5. The molecule has 0 atom stereocenters. The third-order valence-electron chi connectivity index (χ3n) is 4.61. The van der Waals surface area contributed by atoms with Crippen molar-refractivity contribution in [2.75, 3.05) is 19.1 Å². The molecule has 1 N–H and O–H groups in total. The molecule has 3 rings (SSSR count). The first-order chi connectivity index (χ1) is 13.3. The molecule has 2 aromatic carbocycles. The summed E-state index contributed by atoms with van der Waals surface area (Å²) in [4.78, 5) is 0. The third kappa shape index (κ3) is 5.12. The minimum absolute atomic E-state index is 0.0124. The van der Waals surface area contributed by atoms with Crippen molar-refractivity contribution in [3.63, 3.8) is 0 Å². The molecule has 0 saturated heterocycles. The second kappa shape index (κ2) is 10.1. The normalized spacial score (nSPS) is 14.5. The second-order valence-electron chi connectivity index (χ2n) is 6.41. The van der Waals surface area contributed by atoms with Gasteiger partial charge in [-0.3, -0.25) is 0 Å². The van der Waals surface area contributed by atoms with Crippen molar-refractivity contribution in [1.82, 2.24) is 0 Å². The van der Waals surface area contributed by atoms with E-state index in [4.69, 9.17) is 21.4 Å². The van der Waals surface area contributed by atoms with E-state index in [-0.39, 0.29) is 6.61 Å². The quantitative estimate of drug-likeness (QED) is 0.589. The molecule has 2 nitrogen and oxygen atoms in total. The van der Waals surface area contributed by atoms with Gasteiger partial charge in [-0.15, -0.1) is 11.6 Å². The number of benzene rings is 2. The number of hydrogen-bond donors (Lipinski definition) is 1. The maximum Gasteiger partial charge on any atom is 0.119 e. The average Bonchev–Trinajstić information content (AvgIpc) is 2.74. The Hall–Kier alpha value is -2.29. The van der Waals surface area contributed by atoms with E-state index in [9.17, 15) is 0 Å². The van der Waals surface area contributed by atoms with Gasteiger partial charge in [-0.25, -0.2) is 0 Å². The molecule has 0 unspecified atom stereocenters. The van der Waals surface area contributed by atoms with Gasteiger partial charge >= 0.3 is 0 Å². The lowest BCUT2D eigenvalue weighted by Crippen LogP contribution is -2.03. The van der Waals surface area contributed by atoms with Crippen molar-refractivity contribution in [3.8, 4) is 5.75 Å². The van der Waals surface area contributed by atoms with Crippen molar-refractivity contribution in [2.24, 2.45) is 0 Å². The van der Waals surface area contributed by atoms with Crippen LogP contribution in [0.15, 0.2) is 84.0 Å². The summed E-state index contributed by atoms with van der Waals surface area (Å²) in [6, 6.07) is 18.6. The standard InChI is InChI=1S/C24H25ClO2/c25-16-15-23(19-7-3-1-4-8-19)24(20-9-5-2-6-10-20)21-11-13-22(14-12-21)27-18-17-26/h1-3,5-7,9-14,26H,4,8,15-18H2/b24-23-. The van der Waals surface area contributed by atoms with Crippen LogP contribution in [-0.4, -0.2) is 24.2 Å². The van der Waals surface area contributed by atoms with Gasteiger partial charge in [-0.05, 0) is 59.2 Å². The first kappa shape index (κ1) is 19.5. The lowest BCUT2D eigenvalue weighted by Gasteiger charge is -2.20. The van der Waals surface area contributed by atoms with Gasteiger partial charge in [0.1, 0.15) is 12.4 Å². The lowest BCUT2D eigenvalue weighted by atomic mass is 9.85. The number of aliphatic hydroxyl groups is 1. The van der Waals surface area contributed by atoms with Gasteiger partial charge in [-0.1, -0.05) is 60.7 Å². The Morgan fingerprint density at radius 1 is 1.00 bits per heavy atom. The summed E-state index contributed by atoms with van der Waals surface area (Å²) in [7, 11) is 0. The van der Waals surface area contributed by atoms with Gasteiger partial charge in [0.05, 0.1) is 6.61 Å². The highest BCUT2D eigenvalue weighted by Gasteiger charge is 2.16. The van der Waals surface area contributed by atoms with E-state index in [0.717, 1.165) is 30.6 Å². The fraction of sp³-hybridized carbons (Fsp3) is 0.250. The van der Waals surface area contributed by atoms with Crippen LogP contribution < -0.4 is 4.74 Å². The number of allylic oxidation sites excluding steroid dienone is 5. The Labute approximate surface area is 166 Å². The molecule has 0 bridgehead atoms. The molecule has 0 aliphatic heterocycles. The molecule has 0 amide bonds. The third-order valence-corrected chi connectivity index (χ3v) is 4.80. The molecule has 0 radical (unpaired) electrons. The van der Waals surface area contributed by atoms with Crippen LogP contribution in [-0.2, 0) is 0 Å². The second-order valence-corrected chi connectivity index (χ2v) is 6.79. The average molecular weight is 381 g/mol. The molecule has 0 spiro atoms. The number of aliphatic hydroxyl groups excluding tert-OH is 1. The highest BCUT2D eigenvalue weighted by molar-refractivity contribution is 6.18. The van der Waals surface area contributed by atoms with Crippen molar-refractivity contribution < 1.29 is 9.84 Å². The Bertz CT molecular complexity index is 817. The largest absolute Gasteiger partial charge is 0.491 e. The Morgan fingerprint density at radius 2 is 1.74 bits per heavy atom. The van der Waals surface area contributed by atoms with E-state index in [1.54, 1.807) is 0 Å². The summed E-state index contributed by atoms with van der Waals surface area (Å²) in [5.41, 5.74) is 6.24. The first-order valence-corrected chi connectivity index (χ1v) is 9.91. The maximum absolute atomic E-state index is 8.94. The van der Waals surface area contributed by atoms with Gasteiger partial charge in [0, 0.05) is 5.88 Å². The zero-order valence-corrected chi connectivity index (χ0v) is 16.2. The van der Waals surface area contributed by atoms with E-state index in [2.05, 4.69) is 54.6 Å². The SMILES string of the molecule is OCCOc1ccc(/C(=C(/CCCl)C2=CC=CCC2)c2ccccc2)cc1. The molecule has 0 fully saturated rings. The molecular weight excluding hydrogens is 356 g/mol. The summed E-state index contributed by atoms with van der Waals surface area (Å²) >= 11 is 6.19. The van der Waals surface area contributed by atoms with Crippen LogP contribution in [0.25, 0.3) is 5.57 Å². The molecule has 27 heavy (non-hydrogen) atoms. The predicted molar refractivity (Wildman–Crippen MR) is 113 cm³/mol. The van der Waals surface area contributed by atoms with Crippen LogP contribution in [0.4, 0.5) is 0 Å². The van der Waals surface area contributed by atoms with Gasteiger partial charge < -0.3 is 9.84 Å². The van der Waals surface area contributed by atoms with Crippen molar-refractivity contribution in [2.45, 2.75) is 19.3 Å². The minimum Gasteiger partial charge on any atom is -0.491 e. The molecular formula is C24H25ClO2. The van der Waals surface area contributed by atoms with Crippen LogP contribution in [0.1, 0.15) is 30.4 Å². The topological polar surface area (TPSA) is 29.5 Å². The molecule has 1 aliphatic rings. The number of halogens is 1. The fourth-order valence-corrected chi connectivity index (χ4v) is 3.58. The zero-order valence-electron chi connectivity index (χ0n) is 15.4. The smallest absolute Gasteiger partial charge is 0.119 e. The fourth-order valence-electron chi connectivity index (χ4n) is 3.40. The molecule has 140 valence electrons. The summed E-state index contributed by atoms with van der Waals surface area (Å²) in [6.45, 7) is 0.315. The molecule has 0 heterocycles. The van der Waals surface area contributed by atoms with E-state index < -0.39 is 0 Å². The summed E-state index contributed by atoms with van der Waals surface area (Å²) in [5.74, 6) is 1.35. The molecule has 0 aromatic heterocycles. The number of alkyl halides is 1. The lowest BCUT2D eigenvalue weighted by molar-refractivity contribution is 0.201. The first-order valence-electron chi connectivity index (χ1n) is 9.38. The van der Waals surface area contributed by atoms with Gasteiger partial charge in [0.15, 0.2) is 0 Å². The zero-order chi connectivity index (χ0) is 18.9. The van der Waals surface area contributed by atoms with E-state index in [1.165, 1.54) is 22.3 Å². The maximum atomic E-state index is 8.94. The van der Waals surface area contributed by atoms with Crippen LogP contribution >= 0.6 is 11.6 Å². The Balaban J connectivity index is 2.10.